The van der Waals surface area contributed by atoms with Crippen LogP contribution < -0.4 is 10.6 Å². The van der Waals surface area contributed by atoms with E-state index in [2.05, 4.69) is 17.6 Å². The predicted octanol–water partition coefficient (Wildman–Crippen LogP) is -0.335. The van der Waals surface area contributed by atoms with Crippen molar-refractivity contribution in [1.29, 1.82) is 0 Å². The molecule has 1 unspecified atom stereocenters. The van der Waals surface area contributed by atoms with Crippen LogP contribution in [0.3, 0.4) is 0 Å². The molecule has 0 bridgehead atoms. The number of hydrogen-bond donors (Lipinski definition) is 2. The molecule has 0 radical (unpaired) electrons. The van der Waals surface area contributed by atoms with Crippen LogP contribution in [0.25, 0.3) is 0 Å². The molecule has 2 N–H and O–H groups in total. The molecule has 2 saturated heterocycles. The molecule has 0 aromatic carbocycles. The van der Waals surface area contributed by atoms with Crippen LogP contribution in [0.4, 0.5) is 0 Å². The van der Waals surface area contributed by atoms with Crippen molar-refractivity contribution in [3.8, 4) is 0 Å². The third-order valence-electron chi connectivity index (χ3n) is 3.23. The summed E-state index contributed by atoms with van der Waals surface area (Å²) in [5.74, 6) is 0.0267. The summed E-state index contributed by atoms with van der Waals surface area (Å²) in [6.07, 6.45) is 1.11. The molecule has 2 aliphatic rings. The van der Waals surface area contributed by atoms with Crippen molar-refractivity contribution in [2.75, 3.05) is 26.3 Å². The standard InChI is InChI=1S/C11H18N2O3/c1-11(6-16-7-11)5-13-10(15)8-2-3-9(14)12-4-8/h8H,2-7H2,1H3,(H,12,14)(H,13,15). The average molecular weight is 226 g/mol. The first kappa shape index (κ1) is 11.4. The van der Waals surface area contributed by atoms with Gasteiger partial charge in [0.15, 0.2) is 0 Å². The third kappa shape index (κ3) is 2.52. The van der Waals surface area contributed by atoms with Crippen LogP contribution in [0.1, 0.15) is 19.8 Å². The van der Waals surface area contributed by atoms with Crippen LogP contribution >= 0.6 is 0 Å². The summed E-state index contributed by atoms with van der Waals surface area (Å²) in [5, 5.41) is 5.65. The van der Waals surface area contributed by atoms with Crippen molar-refractivity contribution in [1.82, 2.24) is 10.6 Å². The Labute approximate surface area is 94.9 Å². The molecule has 2 rings (SSSR count). The Kier molecular flexibility index (Phi) is 3.14. The molecule has 2 heterocycles. The molecule has 2 fully saturated rings. The van der Waals surface area contributed by atoms with Crippen molar-refractivity contribution in [2.24, 2.45) is 11.3 Å². The average Bonchev–Trinajstić information content (AvgIpc) is 2.24. The molecular weight excluding hydrogens is 208 g/mol. The molecular formula is C11H18N2O3. The summed E-state index contributed by atoms with van der Waals surface area (Å²) in [5.41, 5.74) is 0.105. The van der Waals surface area contributed by atoms with Crippen molar-refractivity contribution in [3.63, 3.8) is 0 Å². The van der Waals surface area contributed by atoms with Gasteiger partial charge in [0, 0.05) is 24.9 Å². The molecule has 2 aliphatic heterocycles. The minimum atomic E-state index is -0.0673. The second-order valence-electron chi connectivity index (χ2n) is 5.06. The lowest BCUT2D eigenvalue weighted by atomic mass is 9.88. The Morgan fingerprint density at radius 3 is 2.88 bits per heavy atom. The van der Waals surface area contributed by atoms with Gasteiger partial charge in [0.1, 0.15) is 0 Å². The topological polar surface area (TPSA) is 67.4 Å². The largest absolute Gasteiger partial charge is 0.380 e. The molecule has 0 spiro atoms. The quantitative estimate of drug-likeness (QED) is 0.692. The third-order valence-corrected chi connectivity index (χ3v) is 3.23. The first-order chi connectivity index (χ1) is 7.59. The van der Waals surface area contributed by atoms with E-state index in [1.54, 1.807) is 0 Å². The minimum Gasteiger partial charge on any atom is -0.380 e. The van der Waals surface area contributed by atoms with Gasteiger partial charge in [0.2, 0.25) is 11.8 Å². The van der Waals surface area contributed by atoms with E-state index in [0.717, 1.165) is 0 Å². The lowest BCUT2D eigenvalue weighted by Crippen LogP contribution is -2.51. The lowest BCUT2D eigenvalue weighted by molar-refractivity contribution is -0.132. The van der Waals surface area contributed by atoms with Gasteiger partial charge in [0.05, 0.1) is 19.1 Å². The lowest BCUT2D eigenvalue weighted by Gasteiger charge is -2.38. The number of nitrogens with one attached hydrogen (secondary N) is 2. The van der Waals surface area contributed by atoms with Gasteiger partial charge in [-0.05, 0) is 6.42 Å². The van der Waals surface area contributed by atoms with E-state index in [-0.39, 0.29) is 23.1 Å². The van der Waals surface area contributed by atoms with Crippen LogP contribution in [0.2, 0.25) is 0 Å². The highest BCUT2D eigenvalue weighted by Crippen LogP contribution is 2.25. The molecule has 2 amide bonds. The number of ether oxygens (including phenoxy) is 1. The number of carbonyl (C=O) groups is 2. The monoisotopic (exact) mass is 226 g/mol. The molecule has 0 aromatic heterocycles. The molecule has 1 atom stereocenters. The summed E-state index contributed by atoms with van der Waals surface area (Å²) < 4.78 is 5.12. The maximum absolute atomic E-state index is 11.8. The number of amides is 2. The maximum atomic E-state index is 11.8. The fourth-order valence-corrected chi connectivity index (χ4v) is 1.95. The van der Waals surface area contributed by atoms with E-state index in [9.17, 15) is 9.59 Å². The Bertz CT molecular complexity index is 290. The zero-order chi connectivity index (χ0) is 11.6. The summed E-state index contributed by atoms with van der Waals surface area (Å²) in [6, 6.07) is 0. The van der Waals surface area contributed by atoms with Crippen LogP contribution in [-0.4, -0.2) is 38.1 Å². The van der Waals surface area contributed by atoms with E-state index in [1.165, 1.54) is 0 Å². The normalized spacial score (nSPS) is 27.8. The van der Waals surface area contributed by atoms with Crippen LogP contribution in [0, 0.1) is 11.3 Å². The first-order valence-electron chi connectivity index (χ1n) is 5.71. The summed E-state index contributed by atoms with van der Waals surface area (Å²) in [7, 11) is 0. The second-order valence-corrected chi connectivity index (χ2v) is 5.06. The summed E-state index contributed by atoms with van der Waals surface area (Å²) >= 11 is 0. The van der Waals surface area contributed by atoms with Crippen LogP contribution in [0.5, 0.6) is 0 Å². The van der Waals surface area contributed by atoms with Gasteiger partial charge in [-0.25, -0.2) is 0 Å². The van der Waals surface area contributed by atoms with Gasteiger partial charge in [0.25, 0.3) is 0 Å². The summed E-state index contributed by atoms with van der Waals surface area (Å²) in [4.78, 5) is 22.7. The fraction of sp³-hybridized carbons (Fsp3) is 0.818. The molecule has 0 aromatic rings. The Morgan fingerprint density at radius 1 is 1.62 bits per heavy atom. The van der Waals surface area contributed by atoms with Crippen molar-refractivity contribution in [2.45, 2.75) is 19.8 Å². The molecule has 0 saturated carbocycles. The van der Waals surface area contributed by atoms with Crippen LogP contribution in [-0.2, 0) is 14.3 Å². The number of hydrogen-bond acceptors (Lipinski definition) is 3. The highest BCUT2D eigenvalue weighted by Gasteiger charge is 2.34. The van der Waals surface area contributed by atoms with Gasteiger partial charge in [-0.15, -0.1) is 0 Å². The minimum absolute atomic E-state index is 0.0448. The molecule has 5 nitrogen and oxygen atoms in total. The van der Waals surface area contributed by atoms with E-state index in [4.69, 9.17) is 4.74 Å². The van der Waals surface area contributed by atoms with Crippen molar-refractivity contribution < 1.29 is 14.3 Å². The highest BCUT2D eigenvalue weighted by atomic mass is 16.5. The van der Waals surface area contributed by atoms with Gasteiger partial charge >= 0.3 is 0 Å². The summed E-state index contributed by atoms with van der Waals surface area (Å²) in [6.45, 7) is 4.66. The SMILES string of the molecule is CC1(CNC(=O)C2CCC(=O)NC2)COC1. The Hall–Kier alpha value is -1.10. The van der Waals surface area contributed by atoms with E-state index < -0.39 is 0 Å². The number of carbonyl (C=O) groups excluding carboxylic acids is 2. The van der Waals surface area contributed by atoms with Crippen molar-refractivity contribution >= 4 is 11.8 Å². The van der Waals surface area contributed by atoms with Gasteiger partial charge in [-0.2, -0.15) is 0 Å². The van der Waals surface area contributed by atoms with E-state index in [1.807, 2.05) is 0 Å². The smallest absolute Gasteiger partial charge is 0.224 e. The van der Waals surface area contributed by atoms with Gasteiger partial charge in [-0.3, -0.25) is 9.59 Å². The molecule has 90 valence electrons. The Morgan fingerprint density at radius 2 is 2.38 bits per heavy atom. The fourth-order valence-electron chi connectivity index (χ4n) is 1.95. The number of piperidine rings is 1. The Balaban J connectivity index is 1.73. The van der Waals surface area contributed by atoms with E-state index >= 15 is 0 Å². The van der Waals surface area contributed by atoms with E-state index in [0.29, 0.717) is 39.1 Å². The van der Waals surface area contributed by atoms with Crippen LogP contribution in [0.15, 0.2) is 0 Å². The first-order valence-corrected chi connectivity index (χ1v) is 5.71. The number of rotatable bonds is 3. The zero-order valence-corrected chi connectivity index (χ0v) is 9.54. The molecule has 16 heavy (non-hydrogen) atoms. The molecule has 0 aliphatic carbocycles. The van der Waals surface area contributed by atoms with Crippen molar-refractivity contribution in [3.05, 3.63) is 0 Å². The molecule has 5 heteroatoms. The van der Waals surface area contributed by atoms with Gasteiger partial charge in [-0.1, -0.05) is 6.92 Å². The predicted molar refractivity (Wildman–Crippen MR) is 57.7 cm³/mol. The highest BCUT2D eigenvalue weighted by molar-refractivity contribution is 5.83. The maximum Gasteiger partial charge on any atom is 0.224 e. The second kappa shape index (κ2) is 4.41. The van der Waals surface area contributed by atoms with Gasteiger partial charge < -0.3 is 15.4 Å². The zero-order valence-electron chi connectivity index (χ0n) is 9.54.